The molecule has 3 unspecified atom stereocenters. The number of hydrogen-bond donors (Lipinski definition) is 2. The fourth-order valence-electron chi connectivity index (χ4n) is 6.29. The second-order valence-electron chi connectivity index (χ2n) is 16.6. The maximum absolute atomic E-state index is 12.8. The van der Waals surface area contributed by atoms with E-state index in [-0.39, 0.29) is 25.9 Å². The Kier molecular flexibility index (Phi) is 46.7. The van der Waals surface area contributed by atoms with Gasteiger partial charge in [-0.05, 0) is 109 Å². The molecule has 11 nitrogen and oxygen atoms in total. The summed E-state index contributed by atoms with van der Waals surface area (Å²) in [5.41, 5.74) is 0. The highest BCUT2D eigenvalue weighted by Crippen LogP contribution is 2.43. The van der Waals surface area contributed by atoms with E-state index in [4.69, 9.17) is 23.3 Å². The molecule has 0 heterocycles. The molecule has 12 heteroatoms. The van der Waals surface area contributed by atoms with Crippen LogP contribution in [0.4, 0.5) is 0 Å². The lowest BCUT2D eigenvalue weighted by atomic mass is 10.1. The van der Waals surface area contributed by atoms with Crippen molar-refractivity contribution in [2.75, 3.05) is 26.4 Å². The number of hydrogen-bond acceptors (Lipinski definition) is 10. The largest absolute Gasteiger partial charge is 0.472 e. The first-order chi connectivity index (χ1) is 33.2. The summed E-state index contributed by atoms with van der Waals surface area (Å²) in [6.45, 7) is 4.21. The topological polar surface area (TPSA) is 155 Å². The molecular formula is C56H91O11P. The van der Waals surface area contributed by atoms with Crippen LogP contribution in [0.25, 0.3) is 0 Å². The number of phosphoric ester groups is 1. The number of esters is 3. The van der Waals surface area contributed by atoms with Crippen LogP contribution in [0.15, 0.2) is 109 Å². The number of carbonyl (C=O) groups excluding carboxylic acids is 3. The van der Waals surface area contributed by atoms with Gasteiger partial charge in [-0.15, -0.1) is 0 Å². The molecule has 0 aromatic carbocycles. The first kappa shape index (κ1) is 64.1. The van der Waals surface area contributed by atoms with E-state index in [0.717, 1.165) is 109 Å². The zero-order valence-electron chi connectivity index (χ0n) is 42.3. The molecule has 0 bridgehead atoms. The van der Waals surface area contributed by atoms with Crippen LogP contribution in [0.1, 0.15) is 188 Å². The fourth-order valence-corrected chi connectivity index (χ4v) is 7.08. The van der Waals surface area contributed by atoms with Crippen molar-refractivity contribution in [2.24, 2.45) is 0 Å². The predicted octanol–water partition coefficient (Wildman–Crippen LogP) is 14.7. The molecule has 0 saturated heterocycles. The zero-order chi connectivity index (χ0) is 49.9. The Balaban J connectivity index is 4.89. The highest BCUT2D eigenvalue weighted by Gasteiger charge is 2.28. The van der Waals surface area contributed by atoms with Crippen molar-refractivity contribution in [1.29, 1.82) is 0 Å². The number of allylic oxidation sites excluding steroid dienone is 18. The maximum atomic E-state index is 12.8. The Bertz CT molecular complexity index is 1550. The van der Waals surface area contributed by atoms with Gasteiger partial charge in [-0.2, -0.15) is 0 Å². The number of rotatable bonds is 46. The molecule has 386 valence electrons. The van der Waals surface area contributed by atoms with E-state index in [0.29, 0.717) is 19.3 Å². The Morgan fingerprint density at radius 2 is 0.794 bits per heavy atom. The maximum Gasteiger partial charge on any atom is 0.472 e. The summed E-state index contributed by atoms with van der Waals surface area (Å²) in [5.74, 6) is -1.62. The molecule has 0 radical (unpaired) electrons. The standard InChI is InChI=1S/C56H91O11P/c1-4-7-10-13-16-19-22-25-26-29-32-35-38-41-44-47-56(60)67-53(49-63-54(58)45-42-39-36-33-30-27-23-20-17-14-11-8-5-2)51-65-68(61,62)64-50-52(48-57)66-55(59)46-43-40-37-34-31-28-24-21-18-15-12-9-6-3/h8-9,11-12,16-21,25-28,30-31,36,39,52-53,57H,4-7,10,13-15,22-24,29,32-35,37-38,40-51H2,1-3H3,(H,61,62)/b11-8-,12-9-,19-16-,20-17-,21-18-,26-25-,30-27-,31-28-,39-36-. The Hall–Kier alpha value is -3.86. The molecule has 0 aliphatic heterocycles. The molecule has 0 rings (SSSR count). The van der Waals surface area contributed by atoms with E-state index in [1.807, 2.05) is 12.2 Å². The van der Waals surface area contributed by atoms with Crippen molar-refractivity contribution in [1.82, 2.24) is 0 Å². The molecule has 0 aliphatic carbocycles. The molecule has 0 fully saturated rings. The van der Waals surface area contributed by atoms with E-state index >= 15 is 0 Å². The van der Waals surface area contributed by atoms with E-state index in [1.165, 1.54) is 19.3 Å². The summed E-state index contributed by atoms with van der Waals surface area (Å²) < 4.78 is 39.2. The summed E-state index contributed by atoms with van der Waals surface area (Å²) >= 11 is 0. The lowest BCUT2D eigenvalue weighted by molar-refractivity contribution is -0.161. The average molecular weight is 971 g/mol. The minimum Gasteiger partial charge on any atom is -0.462 e. The van der Waals surface area contributed by atoms with Crippen molar-refractivity contribution < 1.29 is 52.2 Å². The first-order valence-corrected chi connectivity index (χ1v) is 27.3. The summed E-state index contributed by atoms with van der Waals surface area (Å²) in [5, 5.41) is 9.77. The molecule has 0 aliphatic rings. The van der Waals surface area contributed by atoms with Crippen molar-refractivity contribution >= 4 is 25.7 Å². The third-order valence-corrected chi connectivity index (χ3v) is 11.1. The van der Waals surface area contributed by atoms with E-state index in [2.05, 4.69) is 118 Å². The van der Waals surface area contributed by atoms with Crippen LogP contribution in [0, 0.1) is 0 Å². The van der Waals surface area contributed by atoms with Crippen LogP contribution in [-0.4, -0.2) is 66.5 Å². The van der Waals surface area contributed by atoms with Crippen LogP contribution >= 0.6 is 7.82 Å². The number of unbranched alkanes of at least 4 members (excludes halogenated alkanes) is 11. The van der Waals surface area contributed by atoms with Gasteiger partial charge in [-0.25, -0.2) is 4.57 Å². The van der Waals surface area contributed by atoms with Crippen LogP contribution < -0.4 is 0 Å². The molecule has 0 amide bonds. The third-order valence-electron chi connectivity index (χ3n) is 10.2. The Morgan fingerprint density at radius 1 is 0.426 bits per heavy atom. The van der Waals surface area contributed by atoms with Gasteiger partial charge in [-0.1, -0.05) is 169 Å². The predicted molar refractivity (Wildman–Crippen MR) is 279 cm³/mol. The molecule has 0 saturated carbocycles. The molecular weight excluding hydrogens is 880 g/mol. The quantitative estimate of drug-likeness (QED) is 0.0197. The lowest BCUT2D eigenvalue weighted by Crippen LogP contribution is -2.30. The smallest absolute Gasteiger partial charge is 0.462 e. The number of phosphoric acid groups is 1. The van der Waals surface area contributed by atoms with E-state index < -0.39 is 57.8 Å². The first-order valence-electron chi connectivity index (χ1n) is 25.8. The summed E-state index contributed by atoms with van der Waals surface area (Å²) in [4.78, 5) is 48.3. The van der Waals surface area contributed by atoms with Crippen molar-refractivity contribution in [2.45, 2.75) is 200 Å². The summed E-state index contributed by atoms with van der Waals surface area (Å²) in [6.07, 6.45) is 57.9. The highest BCUT2D eigenvalue weighted by atomic mass is 31.2. The second kappa shape index (κ2) is 49.6. The summed E-state index contributed by atoms with van der Waals surface area (Å²) in [7, 11) is -4.77. The van der Waals surface area contributed by atoms with Gasteiger partial charge in [0.25, 0.3) is 0 Å². The lowest BCUT2D eigenvalue weighted by Gasteiger charge is -2.21. The minimum absolute atomic E-state index is 0.0950. The second-order valence-corrected chi connectivity index (χ2v) is 18.0. The fraction of sp³-hybridized carbons (Fsp3) is 0.625. The SMILES string of the molecule is CC/C=C\C/C=C\C/C=C\C/C=C\CCC(=O)OCC(COP(=O)(O)OCC(CO)OC(=O)CCCCC/C=C\C/C=C\C/C=C\CC)OC(=O)CCCCCCC/C=C\C/C=C\CCCCC. The van der Waals surface area contributed by atoms with Gasteiger partial charge in [0.05, 0.1) is 19.8 Å². The van der Waals surface area contributed by atoms with Gasteiger partial charge in [-0.3, -0.25) is 23.4 Å². The normalized spacial score (nSPS) is 14.4. The van der Waals surface area contributed by atoms with E-state index in [9.17, 15) is 28.9 Å². The van der Waals surface area contributed by atoms with Crippen molar-refractivity contribution in [3.63, 3.8) is 0 Å². The van der Waals surface area contributed by atoms with Gasteiger partial charge >= 0.3 is 25.7 Å². The monoisotopic (exact) mass is 971 g/mol. The van der Waals surface area contributed by atoms with Crippen LogP contribution in [-0.2, 0) is 42.2 Å². The molecule has 0 aromatic heterocycles. The van der Waals surface area contributed by atoms with Crippen LogP contribution in [0.3, 0.4) is 0 Å². The number of ether oxygens (including phenoxy) is 3. The van der Waals surface area contributed by atoms with E-state index in [1.54, 1.807) is 0 Å². The van der Waals surface area contributed by atoms with Crippen molar-refractivity contribution in [3.8, 4) is 0 Å². The van der Waals surface area contributed by atoms with Crippen LogP contribution in [0.2, 0.25) is 0 Å². The van der Waals surface area contributed by atoms with Gasteiger partial charge in [0.1, 0.15) is 12.7 Å². The average Bonchev–Trinajstić information content (AvgIpc) is 3.32. The van der Waals surface area contributed by atoms with Crippen molar-refractivity contribution in [3.05, 3.63) is 109 Å². The number of aliphatic hydroxyl groups is 1. The molecule has 3 atom stereocenters. The highest BCUT2D eigenvalue weighted by molar-refractivity contribution is 7.47. The van der Waals surface area contributed by atoms with Gasteiger partial charge in [0.15, 0.2) is 6.10 Å². The molecule has 2 N–H and O–H groups in total. The molecule has 0 aromatic rings. The van der Waals surface area contributed by atoms with Gasteiger partial charge in [0.2, 0.25) is 0 Å². The van der Waals surface area contributed by atoms with Gasteiger partial charge in [0, 0.05) is 19.3 Å². The summed E-state index contributed by atoms with van der Waals surface area (Å²) in [6, 6.07) is 0. The number of carbonyl (C=O) groups is 3. The third kappa shape index (κ3) is 47.2. The Morgan fingerprint density at radius 3 is 1.25 bits per heavy atom. The molecule has 68 heavy (non-hydrogen) atoms. The molecule has 0 spiro atoms. The van der Waals surface area contributed by atoms with Crippen LogP contribution in [0.5, 0.6) is 0 Å². The number of aliphatic hydroxyl groups excluding tert-OH is 1. The Labute approximate surface area is 412 Å². The zero-order valence-corrected chi connectivity index (χ0v) is 43.2. The van der Waals surface area contributed by atoms with Gasteiger partial charge < -0.3 is 24.2 Å². The minimum atomic E-state index is -4.77.